The lowest BCUT2D eigenvalue weighted by Gasteiger charge is -2.40. The zero-order valence-corrected chi connectivity index (χ0v) is 18.8. The first-order valence-electron chi connectivity index (χ1n) is 10.2. The molecule has 33 heavy (non-hydrogen) atoms. The minimum absolute atomic E-state index is 0. The SMILES string of the molecule is Cc1ccc(-c2ncco2)c(C(=O)N2CCC[C@@H](Nc3ccc(C(F)(F)F)cn3)[C@@H]2C)n1.Cl. The number of carbonyl (C=O) groups is 1. The largest absolute Gasteiger partial charge is 0.444 e. The topological polar surface area (TPSA) is 84.2 Å². The van der Waals surface area contributed by atoms with E-state index in [0.717, 1.165) is 25.1 Å². The lowest BCUT2D eigenvalue weighted by atomic mass is 9.96. The van der Waals surface area contributed by atoms with E-state index in [-0.39, 0.29) is 36.1 Å². The highest BCUT2D eigenvalue weighted by Gasteiger charge is 2.34. The number of halogens is 4. The molecule has 0 spiro atoms. The first kappa shape index (κ1) is 24.5. The van der Waals surface area contributed by atoms with Gasteiger partial charge in [0.25, 0.3) is 5.91 Å². The maximum atomic E-state index is 13.5. The summed E-state index contributed by atoms with van der Waals surface area (Å²) in [5.74, 6) is 0.397. The van der Waals surface area contributed by atoms with Gasteiger partial charge in [-0.2, -0.15) is 13.2 Å². The summed E-state index contributed by atoms with van der Waals surface area (Å²) >= 11 is 0. The van der Waals surface area contributed by atoms with E-state index in [1.54, 1.807) is 24.0 Å². The maximum absolute atomic E-state index is 13.5. The molecule has 0 unspecified atom stereocenters. The molecule has 7 nitrogen and oxygen atoms in total. The minimum Gasteiger partial charge on any atom is -0.444 e. The number of oxazole rings is 1. The van der Waals surface area contributed by atoms with Crippen LogP contribution in [0.25, 0.3) is 11.5 Å². The van der Waals surface area contributed by atoms with E-state index in [4.69, 9.17) is 4.42 Å². The lowest BCUT2D eigenvalue weighted by Crippen LogP contribution is -2.52. The van der Waals surface area contributed by atoms with Crippen LogP contribution >= 0.6 is 12.4 Å². The van der Waals surface area contributed by atoms with Crippen molar-refractivity contribution in [1.29, 1.82) is 0 Å². The van der Waals surface area contributed by atoms with Gasteiger partial charge in [-0.3, -0.25) is 4.79 Å². The van der Waals surface area contributed by atoms with Gasteiger partial charge in [-0.25, -0.2) is 15.0 Å². The van der Waals surface area contributed by atoms with E-state index in [0.29, 0.717) is 29.5 Å². The van der Waals surface area contributed by atoms with E-state index < -0.39 is 11.7 Å². The van der Waals surface area contributed by atoms with Gasteiger partial charge >= 0.3 is 6.18 Å². The van der Waals surface area contributed by atoms with Gasteiger partial charge in [0.1, 0.15) is 17.8 Å². The molecule has 0 bridgehead atoms. The highest BCUT2D eigenvalue weighted by Crippen LogP contribution is 2.30. The maximum Gasteiger partial charge on any atom is 0.417 e. The Bertz CT molecular complexity index is 1090. The molecule has 0 aromatic carbocycles. The van der Waals surface area contributed by atoms with Crippen LogP contribution in [0.2, 0.25) is 0 Å². The summed E-state index contributed by atoms with van der Waals surface area (Å²) in [7, 11) is 0. The van der Waals surface area contributed by atoms with Crippen molar-refractivity contribution in [3.63, 3.8) is 0 Å². The summed E-state index contributed by atoms with van der Waals surface area (Å²) in [6.07, 6.45) is 0.788. The lowest BCUT2D eigenvalue weighted by molar-refractivity contribution is -0.137. The van der Waals surface area contributed by atoms with E-state index in [1.165, 1.54) is 18.5 Å². The number of aryl methyl sites for hydroxylation is 1. The highest BCUT2D eigenvalue weighted by molar-refractivity contribution is 5.98. The molecule has 3 aromatic heterocycles. The van der Waals surface area contributed by atoms with Crippen molar-refractivity contribution in [3.05, 3.63) is 59.9 Å². The van der Waals surface area contributed by atoms with Crippen LogP contribution in [-0.2, 0) is 6.18 Å². The predicted molar refractivity (Wildman–Crippen MR) is 118 cm³/mol. The Morgan fingerprint density at radius 2 is 2.00 bits per heavy atom. The summed E-state index contributed by atoms with van der Waals surface area (Å²) in [6.45, 7) is 4.25. The first-order valence-corrected chi connectivity index (χ1v) is 10.2. The average molecular weight is 482 g/mol. The number of piperidine rings is 1. The fourth-order valence-corrected chi connectivity index (χ4v) is 3.84. The smallest absolute Gasteiger partial charge is 0.417 e. The number of hydrogen-bond donors (Lipinski definition) is 1. The number of rotatable bonds is 4. The fraction of sp³-hybridized carbons (Fsp3) is 0.364. The monoisotopic (exact) mass is 481 g/mol. The number of aromatic nitrogens is 3. The van der Waals surface area contributed by atoms with Gasteiger partial charge in [-0.15, -0.1) is 12.4 Å². The standard InChI is InChI=1S/C22H22F3N5O2.ClH/c1-13-5-7-16(20-26-9-11-32-20)19(28-13)21(31)30-10-3-4-17(14(30)2)29-18-8-6-15(12-27-18)22(23,24)25;/h5-9,11-12,14,17H,3-4,10H2,1-2H3,(H,27,29);1H/t14-,17+;/m0./s1. The van der Waals surface area contributed by atoms with Crippen molar-refractivity contribution < 1.29 is 22.4 Å². The van der Waals surface area contributed by atoms with Gasteiger partial charge in [0.15, 0.2) is 0 Å². The van der Waals surface area contributed by atoms with Crippen LogP contribution in [0.1, 0.15) is 41.5 Å². The molecule has 1 saturated heterocycles. The molecule has 176 valence electrons. The van der Waals surface area contributed by atoms with E-state index in [1.807, 2.05) is 6.92 Å². The molecule has 1 aliphatic rings. The van der Waals surface area contributed by atoms with Crippen LogP contribution in [0.4, 0.5) is 19.0 Å². The van der Waals surface area contributed by atoms with Crippen molar-refractivity contribution in [1.82, 2.24) is 19.9 Å². The molecule has 2 atom stereocenters. The van der Waals surface area contributed by atoms with Gasteiger partial charge in [-0.05, 0) is 51.0 Å². The zero-order chi connectivity index (χ0) is 22.9. The number of nitrogens with one attached hydrogen (secondary N) is 1. The number of nitrogens with zero attached hydrogens (tertiary/aromatic N) is 4. The zero-order valence-electron chi connectivity index (χ0n) is 18.0. The molecule has 1 amide bonds. The first-order chi connectivity index (χ1) is 15.2. The van der Waals surface area contributed by atoms with Gasteiger partial charge in [0, 0.05) is 30.5 Å². The normalized spacial score (nSPS) is 18.5. The molecule has 3 aromatic rings. The molecular weight excluding hydrogens is 459 g/mol. The van der Waals surface area contributed by atoms with Crippen LogP contribution < -0.4 is 5.32 Å². The summed E-state index contributed by atoms with van der Waals surface area (Å²) in [6, 6.07) is 5.44. The van der Waals surface area contributed by atoms with E-state index in [9.17, 15) is 18.0 Å². The third kappa shape index (κ3) is 5.27. The third-order valence-electron chi connectivity index (χ3n) is 5.57. The molecule has 0 radical (unpaired) electrons. The number of pyridine rings is 2. The molecule has 1 aliphatic heterocycles. The quantitative estimate of drug-likeness (QED) is 0.565. The van der Waals surface area contributed by atoms with Crippen LogP contribution in [0.3, 0.4) is 0 Å². The van der Waals surface area contributed by atoms with Crippen molar-refractivity contribution in [2.75, 3.05) is 11.9 Å². The van der Waals surface area contributed by atoms with Crippen LogP contribution in [-0.4, -0.2) is 44.4 Å². The summed E-state index contributed by atoms with van der Waals surface area (Å²) < 4.78 is 43.7. The molecule has 0 aliphatic carbocycles. The highest BCUT2D eigenvalue weighted by atomic mass is 35.5. The number of anilines is 1. The number of carbonyl (C=O) groups excluding carboxylic acids is 1. The number of amides is 1. The summed E-state index contributed by atoms with van der Waals surface area (Å²) in [5.41, 5.74) is 0.656. The van der Waals surface area contributed by atoms with E-state index >= 15 is 0 Å². The second-order valence-electron chi connectivity index (χ2n) is 7.75. The van der Waals surface area contributed by atoms with Crippen LogP contribution in [0.15, 0.2) is 47.3 Å². The number of alkyl halides is 3. The Hall–Kier alpha value is -3.14. The Morgan fingerprint density at radius 3 is 2.64 bits per heavy atom. The second-order valence-corrected chi connectivity index (χ2v) is 7.75. The Labute approximate surface area is 194 Å². The minimum atomic E-state index is -4.44. The molecule has 0 saturated carbocycles. The van der Waals surface area contributed by atoms with Gasteiger partial charge in [0.05, 0.1) is 17.3 Å². The van der Waals surface area contributed by atoms with Gasteiger partial charge < -0.3 is 14.6 Å². The molecule has 1 N–H and O–H groups in total. The predicted octanol–water partition coefficient (Wildman–Crippen LogP) is 4.99. The van der Waals surface area contributed by atoms with Crippen LogP contribution in [0, 0.1) is 6.92 Å². The van der Waals surface area contributed by atoms with Crippen LogP contribution in [0.5, 0.6) is 0 Å². The molecule has 1 fully saturated rings. The number of likely N-dealkylation sites (tertiary alicyclic amines) is 1. The van der Waals surface area contributed by atoms with Crippen molar-refractivity contribution in [2.45, 2.75) is 44.9 Å². The Kier molecular flexibility index (Phi) is 7.26. The Balaban J connectivity index is 0.00000306. The fourth-order valence-electron chi connectivity index (χ4n) is 3.84. The van der Waals surface area contributed by atoms with E-state index in [2.05, 4.69) is 20.3 Å². The molecule has 4 heterocycles. The molecule has 4 rings (SSSR count). The van der Waals surface area contributed by atoms with Crippen molar-refractivity contribution >= 4 is 24.1 Å². The summed E-state index contributed by atoms with van der Waals surface area (Å²) in [4.78, 5) is 27.7. The molecule has 11 heteroatoms. The van der Waals surface area contributed by atoms with Crippen molar-refractivity contribution in [2.24, 2.45) is 0 Å². The third-order valence-corrected chi connectivity index (χ3v) is 5.57. The van der Waals surface area contributed by atoms with Gasteiger partial charge in [-0.1, -0.05) is 0 Å². The molecular formula is C22H23ClF3N5O2. The summed E-state index contributed by atoms with van der Waals surface area (Å²) in [5, 5.41) is 3.18. The second kappa shape index (κ2) is 9.78. The van der Waals surface area contributed by atoms with Crippen molar-refractivity contribution in [3.8, 4) is 11.5 Å². The van der Waals surface area contributed by atoms with Gasteiger partial charge in [0.2, 0.25) is 5.89 Å². The Morgan fingerprint density at radius 1 is 1.21 bits per heavy atom. The average Bonchev–Trinajstić information content (AvgIpc) is 3.29. The number of hydrogen-bond acceptors (Lipinski definition) is 6.